The predicted octanol–water partition coefficient (Wildman–Crippen LogP) is 2.31. The van der Waals surface area contributed by atoms with E-state index in [0.717, 1.165) is 30.4 Å². The first-order chi connectivity index (χ1) is 8.16. The molecular weight excluding hydrogens is 284 g/mol. The third-order valence-corrected chi connectivity index (χ3v) is 3.36. The Hall–Kier alpha value is -1.07. The fourth-order valence-corrected chi connectivity index (χ4v) is 2.38. The Morgan fingerprint density at radius 3 is 3.00 bits per heavy atom. The third-order valence-electron chi connectivity index (χ3n) is 2.87. The van der Waals surface area contributed by atoms with Crippen LogP contribution in [0.4, 0.5) is 5.69 Å². The highest BCUT2D eigenvalue weighted by atomic mass is 79.9. The maximum Gasteiger partial charge on any atom is 0.337 e. The average molecular weight is 299 g/mol. The largest absolute Gasteiger partial charge is 0.478 e. The highest BCUT2D eigenvalue weighted by Gasteiger charge is 2.16. The van der Waals surface area contributed by atoms with Crippen molar-refractivity contribution in [3.05, 3.63) is 28.2 Å². The third kappa shape index (κ3) is 3.20. The lowest BCUT2D eigenvalue weighted by molar-refractivity contribution is 0.0698. The molecule has 5 heteroatoms. The van der Waals surface area contributed by atoms with Crippen LogP contribution in [0.3, 0.4) is 0 Å². The first-order valence-corrected chi connectivity index (χ1v) is 6.46. The predicted molar refractivity (Wildman–Crippen MR) is 70.6 cm³/mol. The lowest BCUT2D eigenvalue weighted by Gasteiger charge is -2.25. The second-order valence-corrected chi connectivity index (χ2v) is 5.10. The number of halogens is 1. The van der Waals surface area contributed by atoms with E-state index in [4.69, 9.17) is 5.11 Å². The Kier molecular flexibility index (Phi) is 4.02. The van der Waals surface area contributed by atoms with Crippen LogP contribution in [0.25, 0.3) is 0 Å². The SMILES string of the molecule is O=C(O)c1cc(Br)ccc1N[C@@H]1CCCNC1. The Morgan fingerprint density at radius 2 is 2.35 bits per heavy atom. The van der Waals surface area contributed by atoms with Crippen molar-refractivity contribution >= 4 is 27.6 Å². The van der Waals surface area contributed by atoms with Crippen LogP contribution in [-0.2, 0) is 0 Å². The number of carbonyl (C=O) groups is 1. The first kappa shape index (κ1) is 12.4. The smallest absolute Gasteiger partial charge is 0.337 e. The summed E-state index contributed by atoms with van der Waals surface area (Å²) in [5, 5.41) is 15.7. The van der Waals surface area contributed by atoms with Crippen molar-refractivity contribution in [2.24, 2.45) is 0 Å². The minimum Gasteiger partial charge on any atom is -0.478 e. The summed E-state index contributed by atoms with van der Waals surface area (Å²) in [6.07, 6.45) is 2.19. The first-order valence-electron chi connectivity index (χ1n) is 5.67. The van der Waals surface area contributed by atoms with Gasteiger partial charge in [0.15, 0.2) is 0 Å². The van der Waals surface area contributed by atoms with Crippen LogP contribution in [0.15, 0.2) is 22.7 Å². The van der Waals surface area contributed by atoms with Crippen molar-refractivity contribution in [3.63, 3.8) is 0 Å². The van der Waals surface area contributed by atoms with E-state index >= 15 is 0 Å². The van der Waals surface area contributed by atoms with E-state index in [-0.39, 0.29) is 0 Å². The summed E-state index contributed by atoms with van der Waals surface area (Å²) in [7, 11) is 0. The molecule has 2 rings (SSSR count). The molecule has 1 aliphatic rings. The number of benzene rings is 1. The van der Waals surface area contributed by atoms with Gasteiger partial charge < -0.3 is 15.7 Å². The van der Waals surface area contributed by atoms with Crippen LogP contribution in [0, 0.1) is 0 Å². The summed E-state index contributed by atoms with van der Waals surface area (Å²) < 4.78 is 0.780. The van der Waals surface area contributed by atoms with Crippen molar-refractivity contribution in [1.82, 2.24) is 5.32 Å². The van der Waals surface area contributed by atoms with Gasteiger partial charge in [0.1, 0.15) is 0 Å². The van der Waals surface area contributed by atoms with Gasteiger partial charge in [-0.25, -0.2) is 4.79 Å². The monoisotopic (exact) mass is 298 g/mol. The summed E-state index contributed by atoms with van der Waals surface area (Å²) in [6.45, 7) is 1.93. The molecule has 1 saturated heterocycles. The Labute approximate surface area is 109 Å². The molecule has 0 spiro atoms. The number of aromatic carboxylic acids is 1. The van der Waals surface area contributed by atoms with E-state index in [0.29, 0.717) is 17.3 Å². The van der Waals surface area contributed by atoms with E-state index in [2.05, 4.69) is 26.6 Å². The minimum atomic E-state index is -0.905. The lowest BCUT2D eigenvalue weighted by atomic mass is 10.1. The average Bonchev–Trinajstić information content (AvgIpc) is 2.32. The topological polar surface area (TPSA) is 61.4 Å². The number of anilines is 1. The maximum absolute atomic E-state index is 11.1. The molecule has 1 fully saturated rings. The molecule has 17 heavy (non-hydrogen) atoms. The number of carboxylic acids is 1. The van der Waals surface area contributed by atoms with Crippen LogP contribution in [0.1, 0.15) is 23.2 Å². The Balaban J connectivity index is 2.16. The van der Waals surface area contributed by atoms with Crippen molar-refractivity contribution < 1.29 is 9.90 Å². The van der Waals surface area contributed by atoms with Gasteiger partial charge in [0, 0.05) is 22.7 Å². The normalized spacial score (nSPS) is 19.9. The fourth-order valence-electron chi connectivity index (χ4n) is 2.01. The summed E-state index contributed by atoms with van der Waals surface area (Å²) in [5.41, 5.74) is 0.999. The quantitative estimate of drug-likeness (QED) is 0.801. The number of hydrogen-bond donors (Lipinski definition) is 3. The van der Waals surface area contributed by atoms with Crippen LogP contribution >= 0.6 is 15.9 Å². The molecule has 0 aromatic heterocycles. The van der Waals surface area contributed by atoms with Crippen molar-refractivity contribution in [1.29, 1.82) is 0 Å². The molecule has 4 nitrogen and oxygen atoms in total. The van der Waals surface area contributed by atoms with E-state index in [9.17, 15) is 4.79 Å². The molecule has 1 atom stereocenters. The van der Waals surface area contributed by atoms with Gasteiger partial charge in [0.25, 0.3) is 0 Å². The van der Waals surface area contributed by atoms with Crippen LogP contribution in [0.2, 0.25) is 0 Å². The molecule has 1 aliphatic heterocycles. The molecule has 1 aromatic carbocycles. The molecule has 0 aliphatic carbocycles. The van der Waals surface area contributed by atoms with E-state index in [1.54, 1.807) is 6.07 Å². The molecule has 1 heterocycles. The van der Waals surface area contributed by atoms with Gasteiger partial charge in [-0.2, -0.15) is 0 Å². The number of nitrogens with one attached hydrogen (secondary N) is 2. The minimum absolute atomic E-state index is 0.308. The zero-order valence-corrected chi connectivity index (χ0v) is 11.0. The van der Waals surface area contributed by atoms with Gasteiger partial charge in [-0.15, -0.1) is 0 Å². The molecular formula is C12H15BrN2O2. The Morgan fingerprint density at radius 1 is 1.53 bits per heavy atom. The van der Waals surface area contributed by atoms with Gasteiger partial charge in [-0.1, -0.05) is 15.9 Å². The highest BCUT2D eigenvalue weighted by molar-refractivity contribution is 9.10. The zero-order valence-electron chi connectivity index (χ0n) is 9.37. The zero-order chi connectivity index (χ0) is 12.3. The number of hydrogen-bond acceptors (Lipinski definition) is 3. The molecule has 0 amide bonds. The highest BCUT2D eigenvalue weighted by Crippen LogP contribution is 2.22. The summed E-state index contributed by atoms with van der Waals surface area (Å²) in [5.74, 6) is -0.905. The summed E-state index contributed by atoms with van der Waals surface area (Å²) in [6, 6.07) is 5.59. The van der Waals surface area contributed by atoms with Crippen LogP contribution in [0.5, 0.6) is 0 Å². The van der Waals surface area contributed by atoms with Crippen molar-refractivity contribution in [3.8, 4) is 0 Å². The molecule has 0 bridgehead atoms. The standard InChI is InChI=1S/C12H15BrN2O2/c13-8-3-4-11(10(6-8)12(16)17)15-9-2-1-5-14-7-9/h3-4,6,9,14-15H,1-2,5,7H2,(H,16,17)/t9-/m1/s1. The summed E-state index contributed by atoms with van der Waals surface area (Å²) in [4.78, 5) is 11.1. The number of piperidine rings is 1. The lowest BCUT2D eigenvalue weighted by Crippen LogP contribution is -2.38. The van der Waals surface area contributed by atoms with Crippen LogP contribution in [-0.4, -0.2) is 30.2 Å². The fraction of sp³-hybridized carbons (Fsp3) is 0.417. The Bertz CT molecular complexity index is 417. The van der Waals surface area contributed by atoms with Crippen LogP contribution < -0.4 is 10.6 Å². The van der Waals surface area contributed by atoms with Gasteiger partial charge in [-0.3, -0.25) is 0 Å². The van der Waals surface area contributed by atoms with Gasteiger partial charge in [0.2, 0.25) is 0 Å². The number of rotatable bonds is 3. The van der Waals surface area contributed by atoms with Gasteiger partial charge in [0.05, 0.1) is 5.56 Å². The van der Waals surface area contributed by atoms with Crippen molar-refractivity contribution in [2.45, 2.75) is 18.9 Å². The van der Waals surface area contributed by atoms with Gasteiger partial charge >= 0.3 is 5.97 Å². The second-order valence-electron chi connectivity index (χ2n) is 4.18. The van der Waals surface area contributed by atoms with Gasteiger partial charge in [-0.05, 0) is 37.6 Å². The number of carboxylic acid groups (broad SMARTS) is 1. The van der Waals surface area contributed by atoms with Crippen molar-refractivity contribution in [2.75, 3.05) is 18.4 Å². The molecule has 0 unspecified atom stereocenters. The van der Waals surface area contributed by atoms with E-state index in [1.807, 2.05) is 12.1 Å². The molecule has 0 radical (unpaired) electrons. The molecule has 3 N–H and O–H groups in total. The van der Waals surface area contributed by atoms with E-state index in [1.165, 1.54) is 0 Å². The maximum atomic E-state index is 11.1. The molecule has 92 valence electrons. The van der Waals surface area contributed by atoms with E-state index < -0.39 is 5.97 Å². The molecule has 1 aromatic rings. The second kappa shape index (κ2) is 5.51. The summed E-state index contributed by atoms with van der Waals surface area (Å²) >= 11 is 3.29. The molecule has 0 saturated carbocycles.